The van der Waals surface area contributed by atoms with E-state index in [9.17, 15) is 4.79 Å². The van der Waals surface area contributed by atoms with Gasteiger partial charge in [-0.25, -0.2) is 0 Å². The number of Topliss-reactive ketones (excluding diaryl/α,β-unsaturated/α-hetero) is 1. The highest BCUT2D eigenvalue weighted by molar-refractivity contribution is 5.84. The van der Waals surface area contributed by atoms with Gasteiger partial charge in [0.1, 0.15) is 5.78 Å². The van der Waals surface area contributed by atoms with E-state index in [0.29, 0.717) is 11.7 Å². The molecular formula is C18H22O2. The smallest absolute Gasteiger partial charge is 0.140 e. The number of benzene rings is 1. The number of rotatable bonds is 3. The van der Waals surface area contributed by atoms with Crippen LogP contribution in [0.5, 0.6) is 0 Å². The highest BCUT2D eigenvalue weighted by atomic mass is 16.5. The molecule has 0 aromatic heterocycles. The summed E-state index contributed by atoms with van der Waals surface area (Å²) in [5.74, 6) is 1.19. The van der Waals surface area contributed by atoms with Crippen molar-refractivity contribution >= 4 is 5.78 Å². The van der Waals surface area contributed by atoms with Gasteiger partial charge in [-0.15, -0.1) is 0 Å². The quantitative estimate of drug-likeness (QED) is 0.782. The Hall–Kier alpha value is -1.41. The highest BCUT2D eigenvalue weighted by Crippen LogP contribution is 2.37. The van der Waals surface area contributed by atoms with Crippen LogP contribution in [0.1, 0.15) is 37.2 Å². The van der Waals surface area contributed by atoms with Crippen LogP contribution >= 0.6 is 0 Å². The van der Waals surface area contributed by atoms with Crippen LogP contribution in [0.15, 0.2) is 42.5 Å². The molecule has 2 heteroatoms. The first-order chi connectivity index (χ1) is 9.86. The molecule has 1 aromatic rings. The number of ketones is 1. The molecule has 1 aliphatic heterocycles. The largest absolute Gasteiger partial charge is 0.381 e. The molecule has 1 saturated heterocycles. The first-order valence-corrected chi connectivity index (χ1v) is 7.67. The lowest BCUT2D eigenvalue weighted by Gasteiger charge is -2.32. The Morgan fingerprint density at radius 2 is 1.70 bits per heavy atom. The minimum absolute atomic E-state index is 0.158. The Balaban J connectivity index is 1.78. The molecule has 2 aliphatic rings. The minimum atomic E-state index is 0.158. The number of allylic oxidation sites excluding steroid dienone is 2. The summed E-state index contributed by atoms with van der Waals surface area (Å²) < 4.78 is 5.38. The molecule has 106 valence electrons. The van der Waals surface area contributed by atoms with E-state index in [1.165, 1.54) is 5.56 Å². The fourth-order valence-corrected chi connectivity index (χ4v) is 3.48. The number of hydrogen-bond donors (Lipinski definition) is 0. The molecule has 0 radical (unpaired) electrons. The van der Waals surface area contributed by atoms with Crippen LogP contribution in [0.2, 0.25) is 0 Å². The Kier molecular flexibility index (Phi) is 4.31. The van der Waals surface area contributed by atoms with Crippen molar-refractivity contribution in [3.05, 3.63) is 48.0 Å². The van der Waals surface area contributed by atoms with Crippen molar-refractivity contribution in [3.8, 4) is 0 Å². The summed E-state index contributed by atoms with van der Waals surface area (Å²) in [5.41, 5.74) is 1.31. The second-order valence-corrected chi connectivity index (χ2v) is 5.86. The van der Waals surface area contributed by atoms with Gasteiger partial charge in [-0.1, -0.05) is 42.5 Å². The van der Waals surface area contributed by atoms with Gasteiger partial charge < -0.3 is 4.74 Å². The van der Waals surface area contributed by atoms with Gasteiger partial charge in [-0.05, 0) is 37.2 Å². The van der Waals surface area contributed by atoms with E-state index in [1.54, 1.807) is 0 Å². The van der Waals surface area contributed by atoms with Gasteiger partial charge in [0, 0.05) is 25.0 Å². The maximum atomic E-state index is 12.8. The SMILES string of the molecule is O=C(C1CCOCC1)C1CC=CC[C@@H]1c1ccccc1. The van der Waals surface area contributed by atoms with Crippen molar-refractivity contribution < 1.29 is 9.53 Å². The molecule has 0 saturated carbocycles. The van der Waals surface area contributed by atoms with Crippen LogP contribution < -0.4 is 0 Å². The minimum Gasteiger partial charge on any atom is -0.381 e. The third-order valence-corrected chi connectivity index (χ3v) is 4.65. The maximum Gasteiger partial charge on any atom is 0.140 e. The summed E-state index contributed by atoms with van der Waals surface area (Å²) in [6, 6.07) is 10.5. The van der Waals surface area contributed by atoms with Crippen molar-refractivity contribution in [1.29, 1.82) is 0 Å². The van der Waals surface area contributed by atoms with Crippen LogP contribution in [0, 0.1) is 11.8 Å². The van der Waals surface area contributed by atoms with Gasteiger partial charge >= 0.3 is 0 Å². The lowest BCUT2D eigenvalue weighted by Crippen LogP contribution is -2.32. The average molecular weight is 270 g/mol. The number of hydrogen-bond acceptors (Lipinski definition) is 2. The van der Waals surface area contributed by atoms with Crippen molar-refractivity contribution in [2.24, 2.45) is 11.8 Å². The molecule has 1 aromatic carbocycles. The van der Waals surface area contributed by atoms with E-state index in [4.69, 9.17) is 4.74 Å². The van der Waals surface area contributed by atoms with Gasteiger partial charge in [0.05, 0.1) is 0 Å². The lowest BCUT2D eigenvalue weighted by atomic mass is 9.72. The van der Waals surface area contributed by atoms with Gasteiger partial charge in [0.25, 0.3) is 0 Å². The van der Waals surface area contributed by atoms with Gasteiger partial charge in [-0.3, -0.25) is 4.79 Å². The van der Waals surface area contributed by atoms with E-state index in [2.05, 4.69) is 36.4 Å². The van der Waals surface area contributed by atoms with Gasteiger partial charge in [0.15, 0.2) is 0 Å². The zero-order valence-electron chi connectivity index (χ0n) is 11.8. The zero-order valence-corrected chi connectivity index (χ0v) is 11.8. The van der Waals surface area contributed by atoms with E-state index >= 15 is 0 Å². The standard InChI is InChI=1S/C18H22O2/c19-18(15-10-12-20-13-11-15)17-9-5-4-8-16(17)14-6-2-1-3-7-14/h1-7,15-17H,8-13H2/t16-,17?/m1/s1. The zero-order chi connectivity index (χ0) is 13.8. The molecule has 20 heavy (non-hydrogen) atoms. The molecule has 3 rings (SSSR count). The van der Waals surface area contributed by atoms with Gasteiger partial charge in [-0.2, -0.15) is 0 Å². The van der Waals surface area contributed by atoms with Crippen molar-refractivity contribution in [3.63, 3.8) is 0 Å². The second kappa shape index (κ2) is 6.36. The number of carbonyl (C=O) groups excluding carboxylic acids is 1. The van der Waals surface area contributed by atoms with E-state index in [0.717, 1.165) is 38.9 Å². The summed E-state index contributed by atoms with van der Waals surface area (Å²) in [5, 5.41) is 0. The van der Waals surface area contributed by atoms with E-state index < -0.39 is 0 Å². The molecule has 0 spiro atoms. The molecule has 1 aliphatic carbocycles. The number of ether oxygens (including phenoxy) is 1. The lowest BCUT2D eigenvalue weighted by molar-refractivity contribution is -0.130. The Morgan fingerprint density at radius 1 is 1.00 bits per heavy atom. The highest BCUT2D eigenvalue weighted by Gasteiger charge is 2.34. The van der Waals surface area contributed by atoms with Crippen LogP contribution in [0.25, 0.3) is 0 Å². The van der Waals surface area contributed by atoms with E-state index in [-0.39, 0.29) is 11.8 Å². The summed E-state index contributed by atoms with van der Waals surface area (Å²) in [4.78, 5) is 12.8. The molecule has 1 unspecified atom stereocenters. The summed E-state index contributed by atoms with van der Waals surface area (Å²) >= 11 is 0. The van der Waals surface area contributed by atoms with Crippen LogP contribution in [0.4, 0.5) is 0 Å². The monoisotopic (exact) mass is 270 g/mol. The Labute approximate surface area is 120 Å². The van der Waals surface area contributed by atoms with Gasteiger partial charge in [0.2, 0.25) is 0 Å². The van der Waals surface area contributed by atoms with Crippen LogP contribution in [-0.2, 0) is 9.53 Å². The molecule has 1 heterocycles. The predicted octanol–water partition coefficient (Wildman–Crippen LogP) is 3.73. The maximum absolute atomic E-state index is 12.8. The molecular weight excluding hydrogens is 248 g/mol. The molecule has 1 fully saturated rings. The molecule has 0 amide bonds. The first-order valence-electron chi connectivity index (χ1n) is 7.67. The number of carbonyl (C=O) groups is 1. The first kappa shape index (κ1) is 13.6. The average Bonchev–Trinajstić information content (AvgIpc) is 2.56. The van der Waals surface area contributed by atoms with Crippen LogP contribution in [0.3, 0.4) is 0 Å². The fourth-order valence-electron chi connectivity index (χ4n) is 3.48. The van der Waals surface area contributed by atoms with Crippen molar-refractivity contribution in [2.45, 2.75) is 31.6 Å². The van der Waals surface area contributed by atoms with Crippen LogP contribution in [-0.4, -0.2) is 19.0 Å². The van der Waals surface area contributed by atoms with Crippen molar-refractivity contribution in [2.75, 3.05) is 13.2 Å². The third-order valence-electron chi connectivity index (χ3n) is 4.65. The second-order valence-electron chi connectivity index (χ2n) is 5.86. The summed E-state index contributed by atoms with van der Waals surface area (Å²) in [6.07, 6.45) is 8.10. The molecule has 2 nitrogen and oxygen atoms in total. The fraction of sp³-hybridized carbons (Fsp3) is 0.500. The summed E-state index contributed by atoms with van der Waals surface area (Å²) in [7, 11) is 0. The topological polar surface area (TPSA) is 26.3 Å². The Bertz CT molecular complexity index is 471. The predicted molar refractivity (Wildman–Crippen MR) is 79.6 cm³/mol. The summed E-state index contributed by atoms with van der Waals surface area (Å²) in [6.45, 7) is 1.49. The Morgan fingerprint density at radius 3 is 2.45 bits per heavy atom. The molecule has 0 N–H and O–H groups in total. The van der Waals surface area contributed by atoms with E-state index in [1.807, 2.05) is 6.07 Å². The molecule has 2 atom stereocenters. The van der Waals surface area contributed by atoms with Crippen molar-refractivity contribution in [1.82, 2.24) is 0 Å². The molecule has 0 bridgehead atoms. The normalized spacial score (nSPS) is 27.4. The third kappa shape index (κ3) is 2.85.